The second kappa shape index (κ2) is 11.7. The molecule has 2 N–H and O–H groups in total. The van der Waals surface area contributed by atoms with E-state index in [1.54, 1.807) is 15.4 Å². The third-order valence-electron chi connectivity index (χ3n) is 8.26. The van der Waals surface area contributed by atoms with Crippen LogP contribution in [0.2, 0.25) is 25.7 Å². The average molecular weight is 632 g/mol. The SMILES string of the molecule is Cc1ccn2nc(C(C)Nc3ncnc4c3c(-c3cnc5[nH]ccc5c3)cn4COCC[Si](C)(C)C)n(-c3ccccc3)c(=O)c12. The number of nitrogens with zero attached hydrogens (tertiary/aromatic N) is 7. The van der Waals surface area contributed by atoms with Gasteiger partial charge in [0.2, 0.25) is 0 Å². The van der Waals surface area contributed by atoms with Gasteiger partial charge in [-0.1, -0.05) is 37.8 Å². The van der Waals surface area contributed by atoms with Gasteiger partial charge in [-0.2, -0.15) is 5.10 Å². The molecule has 12 heteroatoms. The Bertz CT molecular complexity index is 2240. The molecule has 0 fully saturated rings. The number of para-hydroxylation sites is 1. The molecule has 11 nitrogen and oxygen atoms in total. The lowest BCUT2D eigenvalue weighted by atomic mass is 10.1. The monoisotopic (exact) mass is 631 g/mol. The minimum absolute atomic E-state index is 0.131. The van der Waals surface area contributed by atoms with Crippen LogP contribution in [0.25, 0.3) is 44.4 Å². The van der Waals surface area contributed by atoms with Crippen molar-refractivity contribution in [1.82, 2.24) is 38.7 Å². The average Bonchev–Trinajstić information content (AvgIpc) is 3.76. The van der Waals surface area contributed by atoms with Crippen LogP contribution in [-0.2, 0) is 11.5 Å². The third kappa shape index (κ3) is 5.50. The summed E-state index contributed by atoms with van der Waals surface area (Å²) < 4.78 is 11.5. The number of ether oxygens (including phenoxy) is 1. The van der Waals surface area contributed by atoms with Gasteiger partial charge in [0.15, 0.2) is 5.82 Å². The lowest BCUT2D eigenvalue weighted by molar-refractivity contribution is 0.0899. The van der Waals surface area contributed by atoms with Crippen molar-refractivity contribution < 1.29 is 4.74 Å². The zero-order chi connectivity index (χ0) is 32.0. The smallest absolute Gasteiger partial charge is 0.282 e. The minimum atomic E-state index is -1.24. The summed E-state index contributed by atoms with van der Waals surface area (Å²) in [6.07, 6.45) is 9.19. The van der Waals surface area contributed by atoms with Crippen LogP contribution in [0.5, 0.6) is 0 Å². The van der Waals surface area contributed by atoms with Gasteiger partial charge in [0, 0.05) is 56.0 Å². The molecule has 0 aliphatic heterocycles. The lowest BCUT2D eigenvalue weighted by Crippen LogP contribution is -2.29. The van der Waals surface area contributed by atoms with Crippen molar-refractivity contribution in [2.75, 3.05) is 11.9 Å². The number of aryl methyl sites for hydroxylation is 1. The van der Waals surface area contributed by atoms with Crippen molar-refractivity contribution in [3.05, 3.63) is 101 Å². The molecule has 6 heterocycles. The quantitative estimate of drug-likeness (QED) is 0.129. The van der Waals surface area contributed by atoms with Crippen LogP contribution < -0.4 is 10.9 Å². The standard InChI is InChI=1S/C34H37N9O2Si/c1-22-12-14-42-29(22)34(44)43(26-9-7-6-8-10-26)32(40-42)23(2)39-31-28-27(25-17-24-11-13-35-30(24)36-18-25)19-41(33(28)38-20-37-31)21-45-15-16-46(3,4)5/h6-14,17-20,23H,15-16,21H2,1-5H3,(H,35,36)(H,37,38,39). The maximum atomic E-state index is 13.9. The first-order chi connectivity index (χ1) is 22.2. The van der Waals surface area contributed by atoms with Gasteiger partial charge in [-0.3, -0.25) is 9.36 Å². The van der Waals surface area contributed by atoms with Gasteiger partial charge in [0.05, 0.1) is 17.1 Å². The van der Waals surface area contributed by atoms with E-state index in [-0.39, 0.29) is 5.56 Å². The van der Waals surface area contributed by atoms with Crippen molar-refractivity contribution in [3.8, 4) is 16.8 Å². The summed E-state index contributed by atoms with van der Waals surface area (Å²) >= 11 is 0. The van der Waals surface area contributed by atoms with Crippen molar-refractivity contribution >= 4 is 41.5 Å². The number of hydrogen-bond acceptors (Lipinski definition) is 7. The van der Waals surface area contributed by atoms with E-state index in [2.05, 4.69) is 47.2 Å². The molecule has 1 aromatic carbocycles. The van der Waals surface area contributed by atoms with E-state index < -0.39 is 14.1 Å². The van der Waals surface area contributed by atoms with Crippen LogP contribution in [0.1, 0.15) is 24.4 Å². The number of hydrogen-bond donors (Lipinski definition) is 2. The zero-order valence-corrected chi connectivity index (χ0v) is 27.7. The van der Waals surface area contributed by atoms with E-state index in [0.717, 1.165) is 50.5 Å². The molecule has 0 bridgehead atoms. The second-order valence-electron chi connectivity index (χ2n) is 12.9. The van der Waals surface area contributed by atoms with E-state index in [0.29, 0.717) is 30.5 Å². The van der Waals surface area contributed by atoms with Gasteiger partial charge in [0.25, 0.3) is 5.56 Å². The molecule has 1 atom stereocenters. The van der Waals surface area contributed by atoms with Gasteiger partial charge in [-0.05, 0) is 55.8 Å². The molecule has 6 aromatic heterocycles. The number of benzene rings is 1. The molecule has 7 aromatic rings. The first-order valence-electron chi connectivity index (χ1n) is 15.5. The summed E-state index contributed by atoms with van der Waals surface area (Å²) in [5.74, 6) is 1.18. The van der Waals surface area contributed by atoms with Crippen LogP contribution in [0, 0.1) is 6.92 Å². The molecule has 46 heavy (non-hydrogen) atoms. The van der Waals surface area contributed by atoms with E-state index in [1.807, 2.05) is 79.5 Å². The Morgan fingerprint density at radius 2 is 1.89 bits per heavy atom. The molecule has 0 radical (unpaired) electrons. The Morgan fingerprint density at radius 3 is 2.70 bits per heavy atom. The fourth-order valence-electron chi connectivity index (χ4n) is 5.79. The molecule has 0 saturated carbocycles. The van der Waals surface area contributed by atoms with Crippen molar-refractivity contribution in [3.63, 3.8) is 0 Å². The highest BCUT2D eigenvalue weighted by Crippen LogP contribution is 2.36. The number of pyridine rings is 1. The van der Waals surface area contributed by atoms with E-state index >= 15 is 0 Å². The van der Waals surface area contributed by atoms with Gasteiger partial charge in [-0.15, -0.1) is 0 Å². The van der Waals surface area contributed by atoms with Crippen LogP contribution in [0.15, 0.2) is 84.4 Å². The number of aromatic amines is 1. The fraction of sp³-hybridized carbons (Fsp3) is 0.265. The number of nitrogens with one attached hydrogen (secondary N) is 2. The predicted octanol–water partition coefficient (Wildman–Crippen LogP) is 6.57. The Labute approximate surface area is 266 Å². The van der Waals surface area contributed by atoms with Gasteiger partial charge in [0.1, 0.15) is 35.7 Å². The van der Waals surface area contributed by atoms with E-state index in [4.69, 9.17) is 19.8 Å². The summed E-state index contributed by atoms with van der Waals surface area (Å²) in [4.78, 5) is 31.2. The van der Waals surface area contributed by atoms with Crippen LogP contribution in [0.4, 0.5) is 5.82 Å². The topological polar surface area (TPSA) is 120 Å². The van der Waals surface area contributed by atoms with E-state index in [9.17, 15) is 4.79 Å². The van der Waals surface area contributed by atoms with Gasteiger partial charge < -0.3 is 19.6 Å². The summed E-state index contributed by atoms with van der Waals surface area (Å²) in [5.41, 5.74) is 5.47. The van der Waals surface area contributed by atoms with Crippen LogP contribution >= 0.6 is 0 Å². The number of H-pyrrole nitrogens is 1. The first-order valence-corrected chi connectivity index (χ1v) is 19.2. The van der Waals surface area contributed by atoms with Crippen molar-refractivity contribution in [2.24, 2.45) is 0 Å². The number of fused-ring (bicyclic) bond motifs is 3. The van der Waals surface area contributed by atoms with Crippen LogP contribution in [0.3, 0.4) is 0 Å². The Balaban J connectivity index is 1.33. The highest BCUT2D eigenvalue weighted by Gasteiger charge is 2.23. The predicted molar refractivity (Wildman–Crippen MR) is 184 cm³/mol. The molecule has 7 rings (SSSR count). The number of aromatic nitrogens is 8. The molecule has 0 saturated heterocycles. The van der Waals surface area contributed by atoms with Gasteiger partial charge >= 0.3 is 0 Å². The van der Waals surface area contributed by atoms with E-state index in [1.165, 1.54) is 0 Å². The Hall–Kier alpha value is -5.07. The molecule has 0 spiro atoms. The Morgan fingerprint density at radius 1 is 1.07 bits per heavy atom. The fourth-order valence-corrected chi connectivity index (χ4v) is 6.54. The third-order valence-corrected chi connectivity index (χ3v) is 9.96. The largest absolute Gasteiger partial charge is 0.361 e. The highest BCUT2D eigenvalue weighted by molar-refractivity contribution is 6.76. The number of rotatable bonds is 10. The molecule has 234 valence electrons. The molecular weight excluding hydrogens is 595 g/mol. The summed E-state index contributed by atoms with van der Waals surface area (Å²) in [7, 11) is -1.24. The first kappa shape index (κ1) is 29.6. The number of anilines is 1. The lowest BCUT2D eigenvalue weighted by Gasteiger charge is -2.20. The maximum Gasteiger partial charge on any atom is 0.282 e. The molecule has 0 amide bonds. The summed E-state index contributed by atoms with van der Waals surface area (Å²) in [6.45, 7) is 12.0. The molecule has 0 aliphatic carbocycles. The second-order valence-corrected chi connectivity index (χ2v) is 18.5. The molecule has 1 unspecified atom stereocenters. The van der Waals surface area contributed by atoms with Crippen molar-refractivity contribution in [1.29, 1.82) is 0 Å². The van der Waals surface area contributed by atoms with Crippen LogP contribution in [-0.4, -0.2) is 53.4 Å². The summed E-state index contributed by atoms with van der Waals surface area (Å²) in [6, 6.07) is 16.3. The minimum Gasteiger partial charge on any atom is -0.361 e. The van der Waals surface area contributed by atoms with Crippen molar-refractivity contribution in [2.45, 2.75) is 52.3 Å². The summed E-state index contributed by atoms with van der Waals surface area (Å²) in [5, 5.41) is 10.4. The Kier molecular flexibility index (Phi) is 7.53. The molecular formula is C34H37N9O2Si. The highest BCUT2D eigenvalue weighted by atomic mass is 28.3. The molecule has 0 aliphatic rings. The maximum absolute atomic E-state index is 13.9. The van der Waals surface area contributed by atoms with Gasteiger partial charge in [-0.25, -0.2) is 19.5 Å². The normalized spacial score (nSPS) is 12.8. The zero-order valence-electron chi connectivity index (χ0n) is 26.7.